The Labute approximate surface area is 149 Å². The van der Waals surface area contributed by atoms with E-state index >= 15 is 0 Å². The zero-order valence-electron chi connectivity index (χ0n) is 15.2. The van der Waals surface area contributed by atoms with Crippen LogP contribution in [0.15, 0.2) is 42.5 Å². The first-order chi connectivity index (χ1) is 12.1. The number of halogens is 1. The number of ether oxygens (including phenoxy) is 2. The highest BCUT2D eigenvalue weighted by Crippen LogP contribution is 2.29. The van der Waals surface area contributed by atoms with Gasteiger partial charge in [0, 0.05) is 12.1 Å². The molecular weight excluding hydrogens is 319 g/mol. The predicted octanol–water partition coefficient (Wildman–Crippen LogP) is 3.45. The molecule has 0 atom stereocenters. The van der Waals surface area contributed by atoms with Gasteiger partial charge in [-0.05, 0) is 57.4 Å². The Bertz CT molecular complexity index is 662. The van der Waals surface area contributed by atoms with Crippen LogP contribution in [0, 0.1) is 5.82 Å². The average molecular weight is 346 g/mol. The van der Waals surface area contributed by atoms with E-state index in [0.29, 0.717) is 17.1 Å². The molecule has 2 aromatic carbocycles. The Kier molecular flexibility index (Phi) is 7.70. The molecule has 0 saturated carbocycles. The molecule has 5 heteroatoms. The molecule has 4 nitrogen and oxygen atoms in total. The van der Waals surface area contributed by atoms with Crippen LogP contribution >= 0.6 is 0 Å². The highest BCUT2D eigenvalue weighted by atomic mass is 19.1. The molecule has 2 aromatic rings. The van der Waals surface area contributed by atoms with E-state index in [4.69, 9.17) is 9.47 Å². The number of nitrogens with one attached hydrogen (secondary N) is 1. The second kappa shape index (κ2) is 10.0. The average Bonchev–Trinajstić information content (AvgIpc) is 2.61. The lowest BCUT2D eigenvalue weighted by Crippen LogP contribution is -2.21. The normalized spacial score (nSPS) is 10.9. The fourth-order valence-electron chi connectivity index (χ4n) is 2.47. The molecule has 0 aliphatic heterocycles. The molecule has 0 radical (unpaired) electrons. The van der Waals surface area contributed by atoms with Crippen molar-refractivity contribution in [3.8, 4) is 11.5 Å². The largest absolute Gasteiger partial charge is 0.493 e. The summed E-state index contributed by atoms with van der Waals surface area (Å²) in [6.45, 7) is 2.98. The Morgan fingerprint density at radius 3 is 2.60 bits per heavy atom. The highest BCUT2D eigenvalue weighted by Gasteiger charge is 2.08. The van der Waals surface area contributed by atoms with E-state index in [0.717, 1.165) is 31.6 Å². The van der Waals surface area contributed by atoms with Crippen LogP contribution in [0.4, 0.5) is 4.39 Å². The summed E-state index contributed by atoms with van der Waals surface area (Å²) >= 11 is 0. The van der Waals surface area contributed by atoms with Gasteiger partial charge in [0.15, 0.2) is 11.5 Å². The fourth-order valence-corrected chi connectivity index (χ4v) is 2.47. The first-order valence-corrected chi connectivity index (χ1v) is 8.48. The molecule has 0 heterocycles. The van der Waals surface area contributed by atoms with Crippen molar-refractivity contribution in [2.75, 3.05) is 34.3 Å². The summed E-state index contributed by atoms with van der Waals surface area (Å²) in [5.41, 5.74) is 1.65. The van der Waals surface area contributed by atoms with Gasteiger partial charge in [0.1, 0.15) is 12.4 Å². The minimum atomic E-state index is -0.264. The molecule has 25 heavy (non-hydrogen) atoms. The summed E-state index contributed by atoms with van der Waals surface area (Å²) in [7, 11) is 5.76. The van der Waals surface area contributed by atoms with Crippen molar-refractivity contribution in [2.24, 2.45) is 0 Å². The van der Waals surface area contributed by atoms with Crippen LogP contribution in [0.3, 0.4) is 0 Å². The molecule has 0 aliphatic carbocycles. The van der Waals surface area contributed by atoms with Gasteiger partial charge in [-0.15, -0.1) is 0 Å². The zero-order chi connectivity index (χ0) is 18.1. The lowest BCUT2D eigenvalue weighted by atomic mass is 10.2. The predicted molar refractivity (Wildman–Crippen MR) is 98.6 cm³/mol. The maximum absolute atomic E-state index is 13.7. The van der Waals surface area contributed by atoms with Gasteiger partial charge in [-0.1, -0.05) is 24.3 Å². The maximum atomic E-state index is 13.7. The van der Waals surface area contributed by atoms with E-state index < -0.39 is 0 Å². The van der Waals surface area contributed by atoms with Crippen molar-refractivity contribution < 1.29 is 13.9 Å². The summed E-state index contributed by atoms with van der Waals surface area (Å²) in [6, 6.07) is 12.4. The van der Waals surface area contributed by atoms with Crippen LogP contribution in [-0.4, -0.2) is 39.2 Å². The molecule has 2 rings (SSSR count). The van der Waals surface area contributed by atoms with E-state index in [-0.39, 0.29) is 12.4 Å². The lowest BCUT2D eigenvalue weighted by molar-refractivity contribution is 0.279. The summed E-state index contributed by atoms with van der Waals surface area (Å²) < 4.78 is 24.8. The van der Waals surface area contributed by atoms with Crippen LogP contribution in [-0.2, 0) is 13.2 Å². The first-order valence-electron chi connectivity index (χ1n) is 8.48. The molecule has 0 saturated heterocycles. The number of nitrogens with zero attached hydrogens (tertiary/aromatic N) is 1. The quantitative estimate of drug-likeness (QED) is 0.668. The number of hydrogen-bond acceptors (Lipinski definition) is 4. The van der Waals surface area contributed by atoms with Gasteiger partial charge in [-0.25, -0.2) is 4.39 Å². The molecule has 0 bridgehead atoms. The highest BCUT2D eigenvalue weighted by molar-refractivity contribution is 5.43. The lowest BCUT2D eigenvalue weighted by Gasteiger charge is -2.13. The molecule has 0 aliphatic rings. The van der Waals surface area contributed by atoms with Gasteiger partial charge in [-0.2, -0.15) is 0 Å². The van der Waals surface area contributed by atoms with Gasteiger partial charge in [0.05, 0.1) is 7.11 Å². The second-order valence-electron chi connectivity index (χ2n) is 6.20. The van der Waals surface area contributed by atoms with Crippen molar-refractivity contribution in [3.63, 3.8) is 0 Å². The molecular formula is C20H27FN2O2. The van der Waals surface area contributed by atoms with E-state index in [2.05, 4.69) is 24.3 Å². The van der Waals surface area contributed by atoms with E-state index in [1.54, 1.807) is 25.3 Å². The zero-order valence-corrected chi connectivity index (χ0v) is 15.2. The Hall–Kier alpha value is -2.11. The van der Waals surface area contributed by atoms with Crippen molar-refractivity contribution in [1.82, 2.24) is 10.2 Å². The standard InChI is InChI=1S/C20H27FN2O2/c1-23(2)12-6-11-22-14-16-9-10-19(20(13-16)24-3)25-15-17-7-4-5-8-18(17)21/h4-5,7-10,13,22H,6,11-12,14-15H2,1-3H3. The molecule has 0 spiro atoms. The molecule has 1 N–H and O–H groups in total. The van der Waals surface area contributed by atoms with Crippen LogP contribution in [0.5, 0.6) is 11.5 Å². The Balaban J connectivity index is 1.89. The van der Waals surface area contributed by atoms with Gasteiger partial charge in [-0.3, -0.25) is 0 Å². The van der Waals surface area contributed by atoms with Crippen molar-refractivity contribution in [3.05, 3.63) is 59.4 Å². The van der Waals surface area contributed by atoms with E-state index in [9.17, 15) is 4.39 Å². The summed E-state index contributed by atoms with van der Waals surface area (Å²) in [6.07, 6.45) is 1.11. The smallest absolute Gasteiger partial charge is 0.161 e. The van der Waals surface area contributed by atoms with E-state index in [1.165, 1.54) is 6.07 Å². The molecule has 0 amide bonds. The van der Waals surface area contributed by atoms with Gasteiger partial charge in [0.25, 0.3) is 0 Å². The monoisotopic (exact) mass is 346 g/mol. The SMILES string of the molecule is COc1cc(CNCCCN(C)C)ccc1OCc1ccccc1F. The first kappa shape index (κ1) is 19.2. The van der Waals surface area contributed by atoms with Crippen LogP contribution in [0.25, 0.3) is 0 Å². The fraction of sp³-hybridized carbons (Fsp3) is 0.400. The maximum Gasteiger partial charge on any atom is 0.161 e. The van der Waals surface area contributed by atoms with Crippen LogP contribution in [0.1, 0.15) is 17.5 Å². The minimum absolute atomic E-state index is 0.172. The second-order valence-corrected chi connectivity index (χ2v) is 6.20. The van der Waals surface area contributed by atoms with Crippen molar-refractivity contribution >= 4 is 0 Å². The third-order valence-electron chi connectivity index (χ3n) is 3.86. The van der Waals surface area contributed by atoms with Crippen LogP contribution < -0.4 is 14.8 Å². The topological polar surface area (TPSA) is 33.7 Å². The van der Waals surface area contributed by atoms with Gasteiger partial charge in [0.2, 0.25) is 0 Å². The minimum Gasteiger partial charge on any atom is -0.493 e. The number of hydrogen-bond donors (Lipinski definition) is 1. The third-order valence-corrected chi connectivity index (χ3v) is 3.86. The number of methoxy groups -OCH3 is 1. The van der Waals surface area contributed by atoms with Crippen molar-refractivity contribution in [1.29, 1.82) is 0 Å². The summed E-state index contributed by atoms with van der Waals surface area (Å²) in [5.74, 6) is 1.01. The van der Waals surface area contributed by atoms with E-state index in [1.807, 2.05) is 18.2 Å². The number of benzene rings is 2. The van der Waals surface area contributed by atoms with Crippen LogP contribution in [0.2, 0.25) is 0 Å². The summed E-state index contributed by atoms with van der Waals surface area (Å²) in [5, 5.41) is 3.42. The van der Waals surface area contributed by atoms with Crippen molar-refractivity contribution in [2.45, 2.75) is 19.6 Å². The van der Waals surface area contributed by atoms with Gasteiger partial charge >= 0.3 is 0 Å². The Morgan fingerprint density at radius 2 is 1.88 bits per heavy atom. The Morgan fingerprint density at radius 1 is 1.08 bits per heavy atom. The summed E-state index contributed by atoms with van der Waals surface area (Å²) in [4.78, 5) is 2.17. The molecule has 0 unspecified atom stereocenters. The molecule has 0 fully saturated rings. The number of rotatable bonds is 10. The molecule has 136 valence electrons. The third kappa shape index (κ3) is 6.36. The van der Waals surface area contributed by atoms with Gasteiger partial charge < -0.3 is 19.7 Å². The molecule has 0 aromatic heterocycles.